The Labute approximate surface area is 124 Å². The normalized spacial score (nSPS) is 10.9. The number of ether oxygens (including phenoxy) is 1. The zero-order valence-electron chi connectivity index (χ0n) is 12.3. The molecule has 2 aromatic rings. The molecule has 1 aromatic heterocycles. The van der Waals surface area contributed by atoms with Crippen molar-refractivity contribution in [2.24, 2.45) is 0 Å². The number of aromatic nitrogens is 2. The minimum Gasteiger partial charge on any atom is -0.453 e. The Hall–Kier alpha value is -1.98. The highest BCUT2D eigenvalue weighted by atomic mass is 16.5. The van der Waals surface area contributed by atoms with Gasteiger partial charge in [-0.15, -0.1) is 0 Å². The van der Waals surface area contributed by atoms with Crippen molar-refractivity contribution in [2.75, 3.05) is 6.61 Å². The SMILES string of the molecule is CC(C)c1ncc(Oc2ccccc2CCO)c(CO)n1. The lowest BCUT2D eigenvalue weighted by atomic mass is 10.1. The largest absolute Gasteiger partial charge is 0.453 e. The third-order valence-electron chi connectivity index (χ3n) is 3.09. The standard InChI is InChI=1S/C16H20N2O3/c1-11(2)16-17-9-15(13(10-20)18-16)21-14-6-4-3-5-12(14)7-8-19/h3-6,9,11,19-20H,7-8,10H2,1-2H3. The highest BCUT2D eigenvalue weighted by Gasteiger charge is 2.12. The molecule has 0 fully saturated rings. The molecule has 0 aliphatic rings. The molecule has 2 N–H and O–H groups in total. The molecule has 0 saturated heterocycles. The number of nitrogens with zero attached hydrogens (tertiary/aromatic N) is 2. The lowest BCUT2D eigenvalue weighted by Crippen LogP contribution is -2.04. The van der Waals surface area contributed by atoms with Crippen LogP contribution in [0.5, 0.6) is 11.5 Å². The number of aliphatic hydroxyl groups is 2. The molecule has 1 aromatic carbocycles. The van der Waals surface area contributed by atoms with E-state index in [1.165, 1.54) is 0 Å². The van der Waals surface area contributed by atoms with E-state index in [9.17, 15) is 5.11 Å². The molecule has 0 saturated carbocycles. The van der Waals surface area contributed by atoms with E-state index >= 15 is 0 Å². The zero-order valence-corrected chi connectivity index (χ0v) is 12.3. The molecule has 0 amide bonds. The lowest BCUT2D eigenvalue weighted by molar-refractivity contribution is 0.269. The fraction of sp³-hybridized carbons (Fsp3) is 0.375. The van der Waals surface area contributed by atoms with Crippen LogP contribution in [-0.4, -0.2) is 26.8 Å². The molecule has 0 radical (unpaired) electrons. The minimum atomic E-state index is -0.209. The first-order valence-corrected chi connectivity index (χ1v) is 6.99. The summed E-state index contributed by atoms with van der Waals surface area (Å²) < 4.78 is 5.82. The van der Waals surface area contributed by atoms with E-state index in [0.717, 1.165) is 5.56 Å². The van der Waals surface area contributed by atoms with Crippen LogP contribution in [0.1, 0.15) is 36.8 Å². The predicted octanol–water partition coefficient (Wildman–Crippen LogP) is 2.42. The molecule has 0 aliphatic heterocycles. The Kier molecular flexibility index (Phi) is 5.25. The van der Waals surface area contributed by atoms with E-state index in [4.69, 9.17) is 9.84 Å². The van der Waals surface area contributed by atoms with Gasteiger partial charge in [0.1, 0.15) is 17.3 Å². The van der Waals surface area contributed by atoms with Crippen molar-refractivity contribution in [1.29, 1.82) is 0 Å². The first kappa shape index (κ1) is 15.4. The van der Waals surface area contributed by atoms with Gasteiger partial charge in [0, 0.05) is 12.5 Å². The summed E-state index contributed by atoms with van der Waals surface area (Å²) in [6.07, 6.45) is 2.10. The second-order valence-electron chi connectivity index (χ2n) is 5.04. The van der Waals surface area contributed by atoms with E-state index < -0.39 is 0 Å². The summed E-state index contributed by atoms with van der Waals surface area (Å²) in [5.74, 6) is 1.94. The quantitative estimate of drug-likeness (QED) is 0.853. The third-order valence-corrected chi connectivity index (χ3v) is 3.09. The molecule has 0 aliphatic carbocycles. The number of aliphatic hydroxyl groups excluding tert-OH is 2. The second kappa shape index (κ2) is 7.15. The van der Waals surface area contributed by atoms with Crippen molar-refractivity contribution in [2.45, 2.75) is 32.8 Å². The topological polar surface area (TPSA) is 75.5 Å². The van der Waals surface area contributed by atoms with Gasteiger partial charge in [0.15, 0.2) is 5.75 Å². The van der Waals surface area contributed by atoms with Crippen LogP contribution in [0.3, 0.4) is 0 Å². The summed E-state index contributed by atoms with van der Waals surface area (Å²) >= 11 is 0. The highest BCUT2D eigenvalue weighted by molar-refractivity contribution is 5.38. The summed E-state index contributed by atoms with van der Waals surface area (Å²) in [5.41, 5.74) is 1.37. The van der Waals surface area contributed by atoms with Crippen molar-refractivity contribution >= 4 is 0 Å². The van der Waals surface area contributed by atoms with Crippen molar-refractivity contribution in [3.8, 4) is 11.5 Å². The molecular formula is C16H20N2O3. The first-order valence-electron chi connectivity index (χ1n) is 6.99. The van der Waals surface area contributed by atoms with Crippen LogP contribution in [0.4, 0.5) is 0 Å². The van der Waals surface area contributed by atoms with Crippen LogP contribution in [0.2, 0.25) is 0 Å². The Morgan fingerprint density at radius 1 is 1.14 bits per heavy atom. The molecule has 0 atom stereocenters. The van der Waals surface area contributed by atoms with Crippen LogP contribution < -0.4 is 4.74 Å². The molecule has 1 heterocycles. The van der Waals surface area contributed by atoms with Gasteiger partial charge in [-0.05, 0) is 18.1 Å². The Morgan fingerprint density at radius 3 is 2.57 bits per heavy atom. The van der Waals surface area contributed by atoms with E-state index in [1.807, 2.05) is 38.1 Å². The number of para-hydroxylation sites is 1. The fourth-order valence-electron chi connectivity index (χ4n) is 1.95. The predicted molar refractivity (Wildman–Crippen MR) is 79.3 cm³/mol. The summed E-state index contributed by atoms with van der Waals surface area (Å²) in [7, 11) is 0. The first-order chi connectivity index (χ1) is 10.2. The number of hydrogen-bond donors (Lipinski definition) is 2. The van der Waals surface area contributed by atoms with Gasteiger partial charge in [0.05, 0.1) is 12.8 Å². The van der Waals surface area contributed by atoms with E-state index in [1.54, 1.807) is 6.20 Å². The summed E-state index contributed by atoms with van der Waals surface area (Å²) in [6.45, 7) is 3.83. The van der Waals surface area contributed by atoms with E-state index in [-0.39, 0.29) is 19.1 Å². The van der Waals surface area contributed by atoms with Gasteiger partial charge in [-0.2, -0.15) is 0 Å². The molecule has 2 rings (SSSR count). The average Bonchev–Trinajstić information content (AvgIpc) is 2.49. The third kappa shape index (κ3) is 3.77. The maximum Gasteiger partial charge on any atom is 0.169 e. The maximum absolute atomic E-state index is 9.47. The van der Waals surface area contributed by atoms with Gasteiger partial charge in [-0.3, -0.25) is 0 Å². The average molecular weight is 288 g/mol. The Morgan fingerprint density at radius 2 is 1.90 bits per heavy atom. The summed E-state index contributed by atoms with van der Waals surface area (Å²) in [4.78, 5) is 8.59. The van der Waals surface area contributed by atoms with Crippen LogP contribution in [0.25, 0.3) is 0 Å². The summed E-state index contributed by atoms with van der Waals surface area (Å²) in [5, 5.41) is 18.6. The van der Waals surface area contributed by atoms with Crippen molar-refractivity contribution < 1.29 is 14.9 Å². The molecular weight excluding hydrogens is 268 g/mol. The minimum absolute atomic E-state index is 0.0516. The van der Waals surface area contributed by atoms with E-state index in [0.29, 0.717) is 29.4 Å². The maximum atomic E-state index is 9.47. The molecule has 21 heavy (non-hydrogen) atoms. The van der Waals surface area contributed by atoms with Crippen molar-refractivity contribution in [3.63, 3.8) is 0 Å². The van der Waals surface area contributed by atoms with Gasteiger partial charge in [-0.1, -0.05) is 32.0 Å². The number of hydrogen-bond acceptors (Lipinski definition) is 5. The van der Waals surface area contributed by atoms with Crippen LogP contribution in [-0.2, 0) is 13.0 Å². The Bertz CT molecular complexity index is 600. The van der Waals surface area contributed by atoms with Gasteiger partial charge >= 0.3 is 0 Å². The van der Waals surface area contributed by atoms with Gasteiger partial charge in [0.25, 0.3) is 0 Å². The molecule has 0 spiro atoms. The molecule has 0 bridgehead atoms. The van der Waals surface area contributed by atoms with Gasteiger partial charge < -0.3 is 14.9 Å². The fourth-order valence-corrected chi connectivity index (χ4v) is 1.95. The number of benzene rings is 1. The lowest BCUT2D eigenvalue weighted by Gasteiger charge is -2.13. The zero-order chi connectivity index (χ0) is 15.2. The van der Waals surface area contributed by atoms with Gasteiger partial charge in [0.2, 0.25) is 0 Å². The van der Waals surface area contributed by atoms with Crippen LogP contribution in [0.15, 0.2) is 30.5 Å². The highest BCUT2D eigenvalue weighted by Crippen LogP contribution is 2.28. The van der Waals surface area contributed by atoms with Crippen LogP contribution >= 0.6 is 0 Å². The Balaban J connectivity index is 2.31. The molecule has 5 heteroatoms. The van der Waals surface area contributed by atoms with Gasteiger partial charge in [-0.25, -0.2) is 9.97 Å². The molecule has 112 valence electrons. The molecule has 0 unspecified atom stereocenters. The monoisotopic (exact) mass is 288 g/mol. The van der Waals surface area contributed by atoms with Crippen molar-refractivity contribution in [1.82, 2.24) is 9.97 Å². The summed E-state index contributed by atoms with van der Waals surface area (Å²) in [6, 6.07) is 7.47. The van der Waals surface area contributed by atoms with E-state index in [2.05, 4.69) is 9.97 Å². The van der Waals surface area contributed by atoms with Crippen LogP contribution in [0, 0.1) is 0 Å². The smallest absolute Gasteiger partial charge is 0.169 e. The second-order valence-corrected chi connectivity index (χ2v) is 5.04. The number of rotatable bonds is 6. The van der Waals surface area contributed by atoms with Crippen molar-refractivity contribution in [3.05, 3.63) is 47.5 Å². The molecule has 5 nitrogen and oxygen atoms in total.